The highest BCUT2D eigenvalue weighted by atomic mass is 16.2. The number of fused-ring (bicyclic) bond motifs is 1. The van der Waals surface area contributed by atoms with Crippen molar-refractivity contribution in [3.63, 3.8) is 0 Å². The summed E-state index contributed by atoms with van der Waals surface area (Å²) in [5, 5.41) is 12.4. The average molecular weight is 334 g/mol. The molecule has 7 nitrogen and oxygen atoms in total. The highest BCUT2D eigenvalue weighted by Gasteiger charge is 2.15. The molecule has 1 aliphatic rings. The molecule has 0 atom stereocenters. The number of carbonyl (C=O) groups is 1. The predicted octanol–water partition coefficient (Wildman–Crippen LogP) is 2.12. The van der Waals surface area contributed by atoms with Gasteiger partial charge in [-0.3, -0.25) is 14.7 Å². The minimum Gasteiger partial charge on any atom is -0.310 e. The van der Waals surface area contributed by atoms with E-state index in [1.54, 1.807) is 24.8 Å². The highest BCUT2D eigenvalue weighted by molar-refractivity contribution is 5.94. The highest BCUT2D eigenvalue weighted by Crippen LogP contribution is 2.22. The van der Waals surface area contributed by atoms with Crippen LogP contribution in [0, 0.1) is 0 Å². The summed E-state index contributed by atoms with van der Waals surface area (Å²) in [5.74, 6) is 0.531. The van der Waals surface area contributed by atoms with Crippen LogP contribution >= 0.6 is 0 Å². The van der Waals surface area contributed by atoms with E-state index in [0.717, 1.165) is 35.1 Å². The van der Waals surface area contributed by atoms with Crippen LogP contribution in [-0.4, -0.2) is 50.6 Å². The molecule has 126 valence electrons. The Labute approximate surface area is 145 Å². The van der Waals surface area contributed by atoms with Crippen LogP contribution in [-0.2, 0) is 4.79 Å². The topological polar surface area (TPSA) is 83.9 Å². The molecule has 3 aromatic heterocycles. The van der Waals surface area contributed by atoms with E-state index in [0.29, 0.717) is 12.4 Å². The zero-order chi connectivity index (χ0) is 17.1. The largest absolute Gasteiger partial charge is 0.310 e. The van der Waals surface area contributed by atoms with E-state index in [9.17, 15) is 4.79 Å². The minimum atomic E-state index is -0.0265. The second kappa shape index (κ2) is 6.90. The van der Waals surface area contributed by atoms with Crippen molar-refractivity contribution in [2.75, 3.05) is 25.0 Å². The lowest BCUT2D eigenvalue weighted by Gasteiger charge is -2.14. The fourth-order valence-corrected chi connectivity index (χ4v) is 3.03. The number of amides is 1. The van der Waals surface area contributed by atoms with E-state index in [-0.39, 0.29) is 5.91 Å². The van der Waals surface area contributed by atoms with Gasteiger partial charge in [-0.15, -0.1) is 0 Å². The number of nitrogens with zero attached hydrogens (tertiary/aromatic N) is 5. The van der Waals surface area contributed by atoms with E-state index >= 15 is 0 Å². The molecule has 0 saturated carbocycles. The smallest absolute Gasteiger partial charge is 0.239 e. The maximum absolute atomic E-state index is 12.2. The van der Waals surface area contributed by atoms with E-state index in [1.807, 2.05) is 18.2 Å². The normalized spacial score (nSPS) is 14.7. The molecule has 1 saturated heterocycles. The summed E-state index contributed by atoms with van der Waals surface area (Å²) in [7, 11) is 0. The van der Waals surface area contributed by atoms with Gasteiger partial charge in [-0.25, -0.2) is 4.98 Å². The maximum atomic E-state index is 12.2. The molecule has 0 aromatic carbocycles. The van der Waals surface area contributed by atoms with Crippen molar-refractivity contribution in [3.8, 4) is 11.3 Å². The number of pyridine rings is 2. The zero-order valence-electron chi connectivity index (χ0n) is 13.7. The molecule has 0 bridgehead atoms. The first-order valence-corrected chi connectivity index (χ1v) is 8.33. The predicted molar refractivity (Wildman–Crippen MR) is 94.9 cm³/mol. The summed E-state index contributed by atoms with van der Waals surface area (Å²) in [6.45, 7) is 2.41. The number of anilines is 1. The maximum Gasteiger partial charge on any atom is 0.239 e. The Morgan fingerprint density at radius 3 is 2.68 bits per heavy atom. The average Bonchev–Trinajstić information content (AvgIpc) is 3.14. The Morgan fingerprint density at radius 2 is 1.88 bits per heavy atom. The molecule has 1 aliphatic heterocycles. The Balaban J connectivity index is 1.55. The van der Waals surface area contributed by atoms with Crippen LogP contribution in [0.15, 0.2) is 43.0 Å². The number of aromatic nitrogens is 4. The Hall–Kier alpha value is -2.93. The molecule has 7 heteroatoms. The number of hydrogen-bond donors (Lipinski definition) is 1. The third-order valence-electron chi connectivity index (χ3n) is 4.32. The van der Waals surface area contributed by atoms with Gasteiger partial charge in [0.1, 0.15) is 5.82 Å². The van der Waals surface area contributed by atoms with Crippen LogP contribution in [0.4, 0.5) is 5.82 Å². The molecule has 1 N–H and O–H groups in total. The lowest BCUT2D eigenvalue weighted by atomic mass is 10.1. The third-order valence-corrected chi connectivity index (χ3v) is 4.32. The van der Waals surface area contributed by atoms with Crippen LogP contribution in [0.1, 0.15) is 12.8 Å². The van der Waals surface area contributed by atoms with Crippen LogP contribution in [0.25, 0.3) is 22.0 Å². The summed E-state index contributed by atoms with van der Waals surface area (Å²) < 4.78 is 0. The number of nitrogens with one attached hydrogen (secondary N) is 1. The summed E-state index contributed by atoms with van der Waals surface area (Å²) in [4.78, 5) is 23.1. The Kier molecular flexibility index (Phi) is 4.30. The number of rotatable bonds is 4. The van der Waals surface area contributed by atoms with Gasteiger partial charge in [0.05, 0.1) is 24.6 Å². The molecule has 1 fully saturated rings. The van der Waals surface area contributed by atoms with Crippen molar-refractivity contribution in [1.29, 1.82) is 0 Å². The van der Waals surface area contributed by atoms with Crippen LogP contribution < -0.4 is 5.32 Å². The fraction of sp³-hybridized carbons (Fsp3) is 0.278. The standard InChI is InChI=1S/C18H18N6O/c25-18(12-24-5-1-2-6-24)23-17-8-14-7-16(13-3-4-21-22-11-13)19-9-15(14)10-20-17/h3-4,7-11H,1-2,5-6,12H2,(H,20,23,25). The molecule has 25 heavy (non-hydrogen) atoms. The quantitative estimate of drug-likeness (QED) is 0.787. The van der Waals surface area contributed by atoms with Crippen molar-refractivity contribution in [3.05, 3.63) is 43.0 Å². The second-order valence-electron chi connectivity index (χ2n) is 6.15. The zero-order valence-corrected chi connectivity index (χ0v) is 13.7. The van der Waals surface area contributed by atoms with Gasteiger partial charge in [0, 0.05) is 23.3 Å². The number of likely N-dealkylation sites (tertiary alicyclic amines) is 1. The van der Waals surface area contributed by atoms with Crippen LogP contribution in [0.2, 0.25) is 0 Å². The molecule has 1 amide bonds. The molecule has 0 aliphatic carbocycles. The van der Waals surface area contributed by atoms with Gasteiger partial charge in [-0.1, -0.05) is 0 Å². The van der Waals surface area contributed by atoms with Crippen molar-refractivity contribution in [1.82, 2.24) is 25.1 Å². The minimum absolute atomic E-state index is 0.0265. The van der Waals surface area contributed by atoms with E-state index in [1.165, 1.54) is 12.8 Å². The fourth-order valence-electron chi connectivity index (χ4n) is 3.03. The first-order valence-electron chi connectivity index (χ1n) is 8.33. The van der Waals surface area contributed by atoms with E-state index in [4.69, 9.17) is 0 Å². The van der Waals surface area contributed by atoms with Gasteiger partial charge in [0.15, 0.2) is 0 Å². The monoisotopic (exact) mass is 334 g/mol. The summed E-state index contributed by atoms with van der Waals surface area (Å²) in [6.07, 6.45) is 9.14. The number of carbonyl (C=O) groups excluding carboxylic acids is 1. The van der Waals surface area contributed by atoms with Gasteiger partial charge < -0.3 is 5.32 Å². The van der Waals surface area contributed by atoms with Gasteiger partial charge in [-0.05, 0) is 49.5 Å². The van der Waals surface area contributed by atoms with Crippen molar-refractivity contribution in [2.45, 2.75) is 12.8 Å². The lowest BCUT2D eigenvalue weighted by Crippen LogP contribution is -2.31. The molecule has 3 aromatic rings. The molecule has 4 heterocycles. The molecule has 0 radical (unpaired) electrons. The van der Waals surface area contributed by atoms with Crippen molar-refractivity contribution < 1.29 is 4.79 Å². The van der Waals surface area contributed by atoms with Gasteiger partial charge in [0.25, 0.3) is 0 Å². The molecular weight excluding hydrogens is 316 g/mol. The molecule has 0 unspecified atom stereocenters. The van der Waals surface area contributed by atoms with E-state index in [2.05, 4.69) is 30.4 Å². The SMILES string of the molecule is O=C(CN1CCCC1)Nc1cc2cc(-c3ccnnc3)ncc2cn1. The summed E-state index contributed by atoms with van der Waals surface area (Å²) in [6, 6.07) is 5.70. The lowest BCUT2D eigenvalue weighted by molar-refractivity contribution is -0.117. The van der Waals surface area contributed by atoms with Gasteiger partial charge in [-0.2, -0.15) is 10.2 Å². The van der Waals surface area contributed by atoms with Crippen LogP contribution in [0.5, 0.6) is 0 Å². The molecule has 4 rings (SSSR count). The van der Waals surface area contributed by atoms with Crippen molar-refractivity contribution >= 4 is 22.5 Å². The Morgan fingerprint density at radius 1 is 1.04 bits per heavy atom. The Bertz CT molecular complexity index is 892. The van der Waals surface area contributed by atoms with Gasteiger partial charge in [0.2, 0.25) is 5.91 Å². The first-order chi connectivity index (χ1) is 12.3. The van der Waals surface area contributed by atoms with Crippen LogP contribution in [0.3, 0.4) is 0 Å². The second-order valence-corrected chi connectivity index (χ2v) is 6.15. The third kappa shape index (κ3) is 3.61. The number of hydrogen-bond acceptors (Lipinski definition) is 6. The first kappa shape index (κ1) is 15.6. The molecule has 0 spiro atoms. The van der Waals surface area contributed by atoms with E-state index < -0.39 is 0 Å². The van der Waals surface area contributed by atoms with Gasteiger partial charge >= 0.3 is 0 Å². The summed E-state index contributed by atoms with van der Waals surface area (Å²) >= 11 is 0. The van der Waals surface area contributed by atoms with Crippen molar-refractivity contribution in [2.24, 2.45) is 0 Å². The summed E-state index contributed by atoms with van der Waals surface area (Å²) in [5.41, 5.74) is 1.70. The molecular formula is C18H18N6O.